The second kappa shape index (κ2) is 7.69. The zero-order valence-electron chi connectivity index (χ0n) is 18.0. The van der Waals surface area contributed by atoms with Crippen LogP contribution in [0.15, 0.2) is 33.5 Å². The van der Waals surface area contributed by atoms with Crippen LogP contribution in [0, 0.1) is 6.92 Å². The molecule has 3 aromatic rings. The Morgan fingerprint density at radius 3 is 2.47 bits per heavy atom. The molecule has 1 N–H and O–H groups in total. The Balaban J connectivity index is 2.00. The first-order valence-corrected chi connectivity index (χ1v) is 10.1. The van der Waals surface area contributed by atoms with Crippen LogP contribution in [0.5, 0.6) is 17.2 Å². The van der Waals surface area contributed by atoms with Crippen molar-refractivity contribution in [2.24, 2.45) is 0 Å². The summed E-state index contributed by atoms with van der Waals surface area (Å²) >= 11 is 0. The molecular formula is C24H27NO5. The van der Waals surface area contributed by atoms with E-state index >= 15 is 0 Å². The van der Waals surface area contributed by atoms with Crippen LogP contribution >= 0.6 is 0 Å². The van der Waals surface area contributed by atoms with Gasteiger partial charge in [0.2, 0.25) is 5.43 Å². The average Bonchev–Trinajstić information content (AvgIpc) is 2.69. The zero-order valence-corrected chi connectivity index (χ0v) is 18.0. The van der Waals surface area contributed by atoms with Gasteiger partial charge >= 0.3 is 0 Å². The fourth-order valence-electron chi connectivity index (χ4n) is 3.95. The van der Waals surface area contributed by atoms with Crippen LogP contribution in [0.2, 0.25) is 0 Å². The van der Waals surface area contributed by atoms with Crippen molar-refractivity contribution < 1.29 is 19.0 Å². The number of hydrogen-bond donors (Lipinski definition) is 1. The Morgan fingerprint density at radius 1 is 1.10 bits per heavy atom. The minimum atomic E-state index is -0.118. The molecule has 30 heavy (non-hydrogen) atoms. The first kappa shape index (κ1) is 20.3. The molecule has 6 heteroatoms. The summed E-state index contributed by atoms with van der Waals surface area (Å²) in [6.07, 6.45) is 0. The van der Waals surface area contributed by atoms with Crippen molar-refractivity contribution in [3.63, 3.8) is 0 Å². The molecule has 158 valence electrons. The number of ether oxygens (including phenoxy) is 2. The van der Waals surface area contributed by atoms with E-state index in [0.29, 0.717) is 59.1 Å². The van der Waals surface area contributed by atoms with Gasteiger partial charge in [-0.25, -0.2) is 0 Å². The summed E-state index contributed by atoms with van der Waals surface area (Å²) in [6.45, 7) is 7.23. The van der Waals surface area contributed by atoms with E-state index in [1.807, 2.05) is 51.0 Å². The maximum absolute atomic E-state index is 13.6. The molecule has 0 saturated carbocycles. The van der Waals surface area contributed by atoms with Gasteiger partial charge in [0.25, 0.3) is 0 Å². The maximum Gasteiger partial charge on any atom is 0.200 e. The molecule has 0 saturated heterocycles. The standard InChI is InChI=1S/C24H27NO5/c1-13(2)16-11-17-23(27)21(15-6-7-19-20(10-15)29-9-8-28-19)14(3)30-24(17)18(22(16)26)12-25(4)5/h6-7,10-11,13,26H,8-9,12H2,1-5H3. The van der Waals surface area contributed by atoms with Crippen LogP contribution in [0.25, 0.3) is 22.1 Å². The fourth-order valence-corrected chi connectivity index (χ4v) is 3.95. The summed E-state index contributed by atoms with van der Waals surface area (Å²) in [5, 5.41) is 11.4. The number of nitrogens with zero attached hydrogens (tertiary/aromatic N) is 1. The van der Waals surface area contributed by atoms with E-state index in [1.54, 1.807) is 13.0 Å². The topological polar surface area (TPSA) is 72.1 Å². The Kier molecular flexibility index (Phi) is 5.20. The molecule has 1 aliphatic rings. The molecular weight excluding hydrogens is 382 g/mol. The monoisotopic (exact) mass is 409 g/mol. The highest BCUT2D eigenvalue weighted by Gasteiger charge is 2.23. The predicted molar refractivity (Wildman–Crippen MR) is 117 cm³/mol. The third-order valence-electron chi connectivity index (χ3n) is 5.38. The van der Waals surface area contributed by atoms with Crippen LogP contribution in [-0.2, 0) is 6.54 Å². The molecule has 1 aliphatic heterocycles. The van der Waals surface area contributed by atoms with Gasteiger partial charge in [-0.05, 0) is 56.3 Å². The molecule has 0 atom stereocenters. The number of fused-ring (bicyclic) bond motifs is 2. The van der Waals surface area contributed by atoms with Gasteiger partial charge in [0.1, 0.15) is 30.3 Å². The fraction of sp³-hybridized carbons (Fsp3) is 0.375. The van der Waals surface area contributed by atoms with Crippen molar-refractivity contribution in [3.8, 4) is 28.4 Å². The number of hydrogen-bond acceptors (Lipinski definition) is 6. The van der Waals surface area contributed by atoms with Crippen molar-refractivity contribution in [2.45, 2.75) is 33.2 Å². The molecule has 6 nitrogen and oxygen atoms in total. The lowest BCUT2D eigenvalue weighted by Crippen LogP contribution is -2.16. The summed E-state index contributed by atoms with van der Waals surface area (Å²) in [4.78, 5) is 15.6. The van der Waals surface area contributed by atoms with E-state index in [-0.39, 0.29) is 17.1 Å². The van der Waals surface area contributed by atoms with Gasteiger partial charge in [-0.15, -0.1) is 0 Å². The van der Waals surface area contributed by atoms with Gasteiger partial charge in [-0.3, -0.25) is 4.79 Å². The molecule has 0 spiro atoms. The number of rotatable bonds is 4. The third-order valence-corrected chi connectivity index (χ3v) is 5.38. The van der Waals surface area contributed by atoms with E-state index < -0.39 is 0 Å². The van der Waals surface area contributed by atoms with Crippen LogP contribution < -0.4 is 14.9 Å². The summed E-state index contributed by atoms with van der Waals surface area (Å²) in [5.41, 5.74) is 2.91. The average molecular weight is 409 g/mol. The maximum atomic E-state index is 13.6. The molecule has 0 bridgehead atoms. The SMILES string of the molecule is Cc1oc2c(CN(C)C)c(O)c(C(C)C)cc2c(=O)c1-c1ccc2c(c1)OCCO2. The first-order chi connectivity index (χ1) is 14.3. The van der Waals surface area contributed by atoms with Gasteiger partial charge in [-0.2, -0.15) is 0 Å². The summed E-state index contributed by atoms with van der Waals surface area (Å²) in [7, 11) is 3.84. The second-order valence-electron chi connectivity index (χ2n) is 8.28. The van der Waals surface area contributed by atoms with E-state index in [2.05, 4.69) is 0 Å². The molecule has 1 aromatic heterocycles. The number of phenols is 1. The van der Waals surface area contributed by atoms with Crippen molar-refractivity contribution in [1.82, 2.24) is 4.90 Å². The van der Waals surface area contributed by atoms with E-state index in [9.17, 15) is 9.90 Å². The van der Waals surface area contributed by atoms with E-state index in [0.717, 1.165) is 11.1 Å². The summed E-state index contributed by atoms with van der Waals surface area (Å²) in [5.74, 6) is 2.06. The lowest BCUT2D eigenvalue weighted by Gasteiger charge is -2.20. The predicted octanol–water partition coefficient (Wildman–Crippen LogP) is 4.43. The van der Waals surface area contributed by atoms with Gasteiger partial charge in [0.05, 0.1) is 16.5 Å². The van der Waals surface area contributed by atoms with Crippen LogP contribution in [0.1, 0.15) is 36.7 Å². The quantitative estimate of drug-likeness (QED) is 0.687. The Hall–Kier alpha value is -2.99. The van der Waals surface area contributed by atoms with Crippen molar-refractivity contribution in [1.29, 1.82) is 0 Å². The van der Waals surface area contributed by atoms with Gasteiger partial charge in [0, 0.05) is 6.54 Å². The van der Waals surface area contributed by atoms with Crippen LogP contribution in [-0.4, -0.2) is 37.3 Å². The lowest BCUT2D eigenvalue weighted by atomic mass is 9.94. The van der Waals surface area contributed by atoms with Crippen LogP contribution in [0.4, 0.5) is 0 Å². The summed E-state index contributed by atoms with van der Waals surface area (Å²) in [6, 6.07) is 7.26. The minimum absolute atomic E-state index is 0.0637. The molecule has 0 radical (unpaired) electrons. The molecule has 0 aliphatic carbocycles. The summed E-state index contributed by atoms with van der Waals surface area (Å²) < 4.78 is 17.4. The Morgan fingerprint density at radius 2 is 1.80 bits per heavy atom. The highest BCUT2D eigenvalue weighted by molar-refractivity contribution is 5.88. The Labute approximate surface area is 175 Å². The molecule has 0 unspecified atom stereocenters. The molecule has 0 fully saturated rings. The molecule has 4 rings (SSSR count). The van der Waals surface area contributed by atoms with E-state index in [4.69, 9.17) is 13.9 Å². The van der Waals surface area contributed by atoms with Crippen LogP contribution in [0.3, 0.4) is 0 Å². The Bertz CT molecular complexity index is 1180. The number of phenolic OH excluding ortho intramolecular Hbond substituents is 1. The molecule has 2 aromatic carbocycles. The third kappa shape index (κ3) is 3.41. The minimum Gasteiger partial charge on any atom is -0.507 e. The highest BCUT2D eigenvalue weighted by Crippen LogP contribution is 2.38. The molecule has 0 amide bonds. The number of benzene rings is 2. The zero-order chi connectivity index (χ0) is 21.6. The van der Waals surface area contributed by atoms with Crippen molar-refractivity contribution in [2.75, 3.05) is 27.3 Å². The van der Waals surface area contributed by atoms with Gasteiger partial charge in [-0.1, -0.05) is 19.9 Å². The number of aryl methyl sites for hydroxylation is 1. The first-order valence-electron chi connectivity index (χ1n) is 10.1. The highest BCUT2D eigenvalue weighted by atomic mass is 16.6. The smallest absolute Gasteiger partial charge is 0.200 e. The van der Waals surface area contributed by atoms with Crippen molar-refractivity contribution in [3.05, 3.63) is 51.4 Å². The second-order valence-corrected chi connectivity index (χ2v) is 8.28. The van der Waals surface area contributed by atoms with Crippen molar-refractivity contribution >= 4 is 11.0 Å². The van der Waals surface area contributed by atoms with E-state index in [1.165, 1.54) is 0 Å². The van der Waals surface area contributed by atoms with Gasteiger partial charge < -0.3 is 23.9 Å². The number of aromatic hydroxyl groups is 1. The largest absolute Gasteiger partial charge is 0.507 e. The van der Waals surface area contributed by atoms with Gasteiger partial charge in [0.15, 0.2) is 11.5 Å². The lowest BCUT2D eigenvalue weighted by molar-refractivity contribution is 0.171. The molecule has 2 heterocycles. The normalized spacial score (nSPS) is 13.4.